The highest BCUT2D eigenvalue weighted by molar-refractivity contribution is 5.58. The quantitative estimate of drug-likeness (QED) is 0.696. The number of benzene rings is 1. The van der Waals surface area contributed by atoms with Gasteiger partial charge in [-0.25, -0.2) is 4.39 Å². The summed E-state index contributed by atoms with van der Waals surface area (Å²) in [6.45, 7) is 1.41. The monoisotopic (exact) mass is 236 g/mol. The molecule has 6 heteroatoms. The maximum absolute atomic E-state index is 13.1. The van der Waals surface area contributed by atoms with Gasteiger partial charge in [0.2, 0.25) is 5.88 Å². The maximum Gasteiger partial charge on any atom is 0.257 e. The third-order valence-electron chi connectivity index (χ3n) is 2.28. The standard InChI is InChI=1S/C11H9FN2O3/c1-5-10(16)13-9(14-11(5)17)6-2-7(12)4-8(15)3-6/h2-4,15H,1H3,(H2,13,14,16,17). The molecule has 88 valence electrons. The van der Waals surface area contributed by atoms with Crippen molar-refractivity contribution < 1.29 is 14.6 Å². The average molecular weight is 236 g/mol. The Labute approximate surface area is 95.2 Å². The first-order valence-corrected chi connectivity index (χ1v) is 4.77. The van der Waals surface area contributed by atoms with E-state index in [1.165, 1.54) is 13.0 Å². The fraction of sp³-hybridized carbons (Fsp3) is 0.0909. The van der Waals surface area contributed by atoms with Crippen LogP contribution < -0.4 is 5.56 Å². The molecule has 3 N–H and O–H groups in total. The molecule has 0 saturated carbocycles. The molecule has 1 heterocycles. The lowest BCUT2D eigenvalue weighted by atomic mass is 10.2. The Morgan fingerprint density at radius 3 is 2.59 bits per heavy atom. The van der Waals surface area contributed by atoms with Gasteiger partial charge in [0.25, 0.3) is 5.56 Å². The van der Waals surface area contributed by atoms with Gasteiger partial charge in [-0.1, -0.05) is 0 Å². The summed E-state index contributed by atoms with van der Waals surface area (Å²) in [6, 6.07) is 3.25. The molecule has 0 saturated heterocycles. The first kappa shape index (κ1) is 11.1. The molecule has 0 fully saturated rings. The summed E-state index contributed by atoms with van der Waals surface area (Å²) in [5.74, 6) is -1.38. The van der Waals surface area contributed by atoms with Crippen LogP contribution in [0.1, 0.15) is 5.56 Å². The molecule has 1 aromatic heterocycles. The van der Waals surface area contributed by atoms with Crippen LogP contribution in [0.2, 0.25) is 0 Å². The first-order valence-electron chi connectivity index (χ1n) is 4.77. The van der Waals surface area contributed by atoms with Crippen molar-refractivity contribution in [3.63, 3.8) is 0 Å². The van der Waals surface area contributed by atoms with Crippen LogP contribution in [0, 0.1) is 12.7 Å². The van der Waals surface area contributed by atoms with Gasteiger partial charge < -0.3 is 15.2 Å². The Balaban J connectivity index is 2.65. The van der Waals surface area contributed by atoms with Gasteiger partial charge in [-0.05, 0) is 19.1 Å². The van der Waals surface area contributed by atoms with E-state index < -0.39 is 17.3 Å². The van der Waals surface area contributed by atoms with Gasteiger partial charge in [0.1, 0.15) is 17.4 Å². The minimum Gasteiger partial charge on any atom is -0.508 e. The number of hydrogen-bond acceptors (Lipinski definition) is 4. The van der Waals surface area contributed by atoms with E-state index in [-0.39, 0.29) is 22.7 Å². The molecule has 0 amide bonds. The fourth-order valence-corrected chi connectivity index (χ4v) is 1.37. The van der Waals surface area contributed by atoms with Crippen LogP contribution in [0.5, 0.6) is 11.6 Å². The number of hydrogen-bond donors (Lipinski definition) is 3. The molecular weight excluding hydrogens is 227 g/mol. The normalized spacial score (nSPS) is 10.5. The highest BCUT2D eigenvalue weighted by Crippen LogP contribution is 2.22. The van der Waals surface area contributed by atoms with Crippen LogP contribution in [0.15, 0.2) is 23.0 Å². The first-order chi connectivity index (χ1) is 7.97. The molecule has 0 aliphatic carbocycles. The molecule has 2 rings (SSSR count). The van der Waals surface area contributed by atoms with Gasteiger partial charge in [-0.3, -0.25) is 4.79 Å². The Morgan fingerprint density at radius 2 is 2.00 bits per heavy atom. The number of aromatic amines is 1. The fourth-order valence-electron chi connectivity index (χ4n) is 1.37. The summed E-state index contributed by atoms with van der Waals surface area (Å²) in [5.41, 5.74) is -0.263. The van der Waals surface area contributed by atoms with E-state index >= 15 is 0 Å². The van der Waals surface area contributed by atoms with Crippen LogP contribution in [0.3, 0.4) is 0 Å². The molecule has 0 aliphatic heterocycles. The molecule has 0 spiro atoms. The van der Waals surface area contributed by atoms with Gasteiger partial charge in [-0.2, -0.15) is 4.98 Å². The molecule has 0 atom stereocenters. The molecule has 0 radical (unpaired) electrons. The van der Waals surface area contributed by atoms with Crippen molar-refractivity contribution in [2.75, 3.05) is 0 Å². The van der Waals surface area contributed by atoms with Crippen LogP contribution in [-0.4, -0.2) is 20.2 Å². The number of aromatic nitrogens is 2. The summed E-state index contributed by atoms with van der Waals surface area (Å²) in [6.07, 6.45) is 0. The number of nitrogens with zero attached hydrogens (tertiary/aromatic N) is 1. The highest BCUT2D eigenvalue weighted by atomic mass is 19.1. The largest absolute Gasteiger partial charge is 0.508 e. The van der Waals surface area contributed by atoms with Crippen LogP contribution in [0.4, 0.5) is 4.39 Å². The van der Waals surface area contributed by atoms with Crippen molar-refractivity contribution in [2.45, 2.75) is 6.92 Å². The Hall–Kier alpha value is -2.37. The maximum atomic E-state index is 13.1. The molecular formula is C11H9FN2O3. The SMILES string of the molecule is Cc1c(O)nc(-c2cc(O)cc(F)c2)[nH]c1=O. The number of phenols is 1. The number of aromatic hydroxyl groups is 2. The number of rotatable bonds is 1. The van der Waals surface area contributed by atoms with Gasteiger partial charge in [0.05, 0.1) is 5.56 Å². The zero-order valence-corrected chi connectivity index (χ0v) is 8.86. The molecule has 0 unspecified atom stereocenters. The zero-order chi connectivity index (χ0) is 12.6. The van der Waals surface area contributed by atoms with Crippen LogP contribution in [0.25, 0.3) is 11.4 Å². The highest BCUT2D eigenvalue weighted by Gasteiger charge is 2.09. The van der Waals surface area contributed by atoms with E-state index in [0.29, 0.717) is 0 Å². The molecule has 2 aromatic rings. The Kier molecular flexibility index (Phi) is 2.55. The van der Waals surface area contributed by atoms with Gasteiger partial charge >= 0.3 is 0 Å². The third kappa shape index (κ3) is 2.10. The van der Waals surface area contributed by atoms with Gasteiger partial charge in [-0.15, -0.1) is 0 Å². The van der Waals surface area contributed by atoms with E-state index in [1.807, 2.05) is 0 Å². The van der Waals surface area contributed by atoms with E-state index in [1.54, 1.807) is 0 Å². The second-order valence-corrected chi connectivity index (χ2v) is 3.56. The van der Waals surface area contributed by atoms with Gasteiger partial charge in [0.15, 0.2) is 0 Å². The van der Waals surface area contributed by atoms with Gasteiger partial charge in [0, 0.05) is 11.6 Å². The third-order valence-corrected chi connectivity index (χ3v) is 2.28. The van der Waals surface area contributed by atoms with Crippen LogP contribution in [-0.2, 0) is 0 Å². The molecule has 1 aromatic carbocycles. The van der Waals surface area contributed by atoms with E-state index in [0.717, 1.165) is 12.1 Å². The van der Waals surface area contributed by atoms with E-state index in [4.69, 9.17) is 0 Å². The van der Waals surface area contributed by atoms with Crippen molar-refractivity contribution in [3.05, 3.63) is 39.9 Å². The number of nitrogens with one attached hydrogen (secondary N) is 1. The Morgan fingerprint density at radius 1 is 1.29 bits per heavy atom. The molecule has 17 heavy (non-hydrogen) atoms. The lowest BCUT2D eigenvalue weighted by Crippen LogP contribution is -2.12. The molecule has 0 bridgehead atoms. The average Bonchev–Trinajstić information content (AvgIpc) is 2.23. The van der Waals surface area contributed by atoms with E-state index in [9.17, 15) is 19.4 Å². The minimum atomic E-state index is -0.664. The summed E-state index contributed by atoms with van der Waals surface area (Å²) in [5, 5.41) is 18.6. The lowest BCUT2D eigenvalue weighted by Gasteiger charge is -2.04. The summed E-state index contributed by atoms with van der Waals surface area (Å²) >= 11 is 0. The topological polar surface area (TPSA) is 86.2 Å². The lowest BCUT2D eigenvalue weighted by molar-refractivity contribution is 0.446. The summed E-state index contributed by atoms with van der Waals surface area (Å²) in [7, 11) is 0. The van der Waals surface area contributed by atoms with Crippen molar-refractivity contribution in [1.82, 2.24) is 9.97 Å². The second kappa shape index (κ2) is 3.89. The van der Waals surface area contributed by atoms with Crippen molar-refractivity contribution >= 4 is 0 Å². The zero-order valence-electron chi connectivity index (χ0n) is 8.86. The number of phenolic OH excluding ortho intramolecular Hbond substituents is 1. The van der Waals surface area contributed by atoms with E-state index in [2.05, 4.69) is 9.97 Å². The van der Waals surface area contributed by atoms with Crippen LogP contribution >= 0.6 is 0 Å². The summed E-state index contributed by atoms with van der Waals surface area (Å²) in [4.78, 5) is 17.5. The molecule has 5 nitrogen and oxygen atoms in total. The van der Waals surface area contributed by atoms with Crippen molar-refractivity contribution in [1.29, 1.82) is 0 Å². The number of halogens is 1. The predicted octanol–water partition coefficient (Wildman–Crippen LogP) is 1.30. The van der Waals surface area contributed by atoms with Crippen molar-refractivity contribution in [3.8, 4) is 23.0 Å². The smallest absolute Gasteiger partial charge is 0.257 e. The van der Waals surface area contributed by atoms with Crippen molar-refractivity contribution in [2.24, 2.45) is 0 Å². The molecule has 0 aliphatic rings. The second-order valence-electron chi connectivity index (χ2n) is 3.56. The number of H-pyrrole nitrogens is 1. The predicted molar refractivity (Wildman–Crippen MR) is 58.3 cm³/mol. The minimum absolute atomic E-state index is 0.00657. The summed E-state index contributed by atoms with van der Waals surface area (Å²) < 4.78 is 13.1. The Bertz CT molecular complexity index is 617.